The molecule has 1 rings (SSSR count). The van der Waals surface area contributed by atoms with Crippen molar-refractivity contribution >= 4 is 11.3 Å². The number of hydrogen-bond donors (Lipinski definition) is 1. The Hall–Kier alpha value is -0.410. The zero-order valence-electron chi connectivity index (χ0n) is 12.4. The van der Waals surface area contributed by atoms with Gasteiger partial charge < -0.3 is 5.32 Å². The number of thiazole rings is 1. The molecule has 0 aromatic carbocycles. The maximum atomic E-state index is 4.56. The van der Waals surface area contributed by atoms with Crippen LogP contribution in [0.2, 0.25) is 0 Å². The van der Waals surface area contributed by atoms with E-state index in [1.54, 1.807) is 0 Å². The molecule has 104 valence electrons. The van der Waals surface area contributed by atoms with Crippen LogP contribution in [0.5, 0.6) is 0 Å². The largest absolute Gasteiger partial charge is 0.309 e. The van der Waals surface area contributed by atoms with E-state index < -0.39 is 0 Å². The van der Waals surface area contributed by atoms with Gasteiger partial charge in [0, 0.05) is 10.9 Å². The molecule has 1 aromatic heterocycles. The zero-order chi connectivity index (χ0) is 13.4. The van der Waals surface area contributed by atoms with Gasteiger partial charge in [-0.25, -0.2) is 4.98 Å². The van der Waals surface area contributed by atoms with Gasteiger partial charge in [0.1, 0.15) is 0 Å². The topological polar surface area (TPSA) is 24.9 Å². The molecule has 0 aliphatic rings. The summed E-state index contributed by atoms with van der Waals surface area (Å²) in [5.41, 5.74) is 1.22. The first-order chi connectivity index (χ1) is 8.69. The summed E-state index contributed by atoms with van der Waals surface area (Å²) in [5, 5.41) is 4.88. The molecule has 2 nitrogen and oxygen atoms in total. The molecule has 1 atom stereocenters. The number of rotatable bonds is 9. The molecule has 0 saturated carbocycles. The van der Waals surface area contributed by atoms with E-state index in [2.05, 4.69) is 38.0 Å². The molecular weight excluding hydrogens is 240 g/mol. The minimum Gasteiger partial charge on any atom is -0.309 e. The standard InChI is InChI=1S/C15H28N2S/c1-5-7-8-9-10-14(16-11-6-2)15-12(3)17-13(4)18-15/h14,16H,5-11H2,1-4H3. The van der Waals surface area contributed by atoms with Crippen molar-refractivity contribution in [3.8, 4) is 0 Å². The third kappa shape index (κ3) is 5.07. The Labute approximate surface area is 116 Å². The third-order valence-electron chi connectivity index (χ3n) is 3.24. The van der Waals surface area contributed by atoms with Crippen LogP contribution in [0.3, 0.4) is 0 Å². The summed E-state index contributed by atoms with van der Waals surface area (Å²) in [7, 11) is 0. The lowest BCUT2D eigenvalue weighted by Crippen LogP contribution is -2.22. The van der Waals surface area contributed by atoms with Crippen molar-refractivity contribution in [2.75, 3.05) is 6.54 Å². The van der Waals surface area contributed by atoms with Crippen LogP contribution in [-0.2, 0) is 0 Å². The number of aromatic nitrogens is 1. The van der Waals surface area contributed by atoms with Gasteiger partial charge in [0.25, 0.3) is 0 Å². The minimum absolute atomic E-state index is 0.521. The van der Waals surface area contributed by atoms with Crippen LogP contribution in [0.1, 0.15) is 74.0 Å². The van der Waals surface area contributed by atoms with Gasteiger partial charge in [0.15, 0.2) is 0 Å². The summed E-state index contributed by atoms with van der Waals surface area (Å²) in [6.45, 7) is 9.85. The second-order valence-corrected chi connectivity index (χ2v) is 6.27. The fourth-order valence-electron chi connectivity index (χ4n) is 2.29. The molecule has 1 aromatic rings. The Morgan fingerprint density at radius 1 is 1.11 bits per heavy atom. The van der Waals surface area contributed by atoms with Crippen LogP contribution in [-0.4, -0.2) is 11.5 Å². The predicted octanol–water partition coefficient (Wildman–Crippen LogP) is 4.77. The highest BCUT2D eigenvalue weighted by molar-refractivity contribution is 7.11. The van der Waals surface area contributed by atoms with Crippen molar-refractivity contribution in [2.24, 2.45) is 0 Å². The quantitative estimate of drug-likeness (QED) is 0.652. The first kappa shape index (κ1) is 15.6. The van der Waals surface area contributed by atoms with Gasteiger partial charge in [-0.05, 0) is 33.2 Å². The van der Waals surface area contributed by atoms with Gasteiger partial charge in [-0.1, -0.05) is 39.5 Å². The van der Waals surface area contributed by atoms with Crippen molar-refractivity contribution in [3.63, 3.8) is 0 Å². The molecule has 18 heavy (non-hydrogen) atoms. The number of unbranched alkanes of at least 4 members (excludes halogenated alkanes) is 3. The number of aryl methyl sites for hydroxylation is 2. The van der Waals surface area contributed by atoms with Crippen LogP contribution in [0.25, 0.3) is 0 Å². The van der Waals surface area contributed by atoms with Gasteiger partial charge >= 0.3 is 0 Å². The Balaban J connectivity index is 2.56. The molecule has 1 N–H and O–H groups in total. The fourth-order valence-corrected chi connectivity index (χ4v) is 3.33. The SMILES string of the molecule is CCCCCCC(NCCC)c1sc(C)nc1C. The molecule has 0 fully saturated rings. The average Bonchev–Trinajstić information content (AvgIpc) is 2.68. The van der Waals surface area contributed by atoms with E-state index in [9.17, 15) is 0 Å². The highest BCUT2D eigenvalue weighted by Crippen LogP contribution is 2.28. The van der Waals surface area contributed by atoms with Gasteiger partial charge in [0.05, 0.1) is 10.7 Å². The lowest BCUT2D eigenvalue weighted by Gasteiger charge is -2.17. The second-order valence-electron chi connectivity index (χ2n) is 5.04. The van der Waals surface area contributed by atoms with E-state index in [4.69, 9.17) is 0 Å². The molecule has 1 unspecified atom stereocenters. The monoisotopic (exact) mass is 268 g/mol. The van der Waals surface area contributed by atoms with Crippen molar-refractivity contribution in [1.82, 2.24) is 10.3 Å². The molecule has 0 bridgehead atoms. The lowest BCUT2D eigenvalue weighted by atomic mass is 10.0. The molecule has 0 saturated heterocycles. The predicted molar refractivity (Wildman–Crippen MR) is 81.4 cm³/mol. The Morgan fingerprint density at radius 2 is 1.89 bits per heavy atom. The molecule has 0 aliphatic carbocycles. The van der Waals surface area contributed by atoms with Gasteiger partial charge in [0.2, 0.25) is 0 Å². The van der Waals surface area contributed by atoms with Gasteiger partial charge in [-0.3, -0.25) is 0 Å². The number of nitrogens with zero attached hydrogens (tertiary/aromatic N) is 1. The molecule has 3 heteroatoms. The summed E-state index contributed by atoms with van der Waals surface area (Å²) in [6.07, 6.45) is 7.81. The Bertz CT molecular complexity index is 333. The summed E-state index contributed by atoms with van der Waals surface area (Å²) in [6, 6.07) is 0.521. The summed E-state index contributed by atoms with van der Waals surface area (Å²) in [5.74, 6) is 0. The van der Waals surface area contributed by atoms with Crippen molar-refractivity contribution < 1.29 is 0 Å². The normalized spacial score (nSPS) is 12.9. The smallest absolute Gasteiger partial charge is 0.0900 e. The van der Waals surface area contributed by atoms with Gasteiger partial charge in [-0.15, -0.1) is 11.3 Å². The molecule has 1 heterocycles. The molecule has 0 spiro atoms. The summed E-state index contributed by atoms with van der Waals surface area (Å²) in [4.78, 5) is 6.02. The highest BCUT2D eigenvalue weighted by Gasteiger charge is 2.16. The number of nitrogens with one attached hydrogen (secondary N) is 1. The van der Waals surface area contributed by atoms with Crippen LogP contribution < -0.4 is 5.32 Å². The maximum Gasteiger partial charge on any atom is 0.0900 e. The molecule has 0 aliphatic heterocycles. The highest BCUT2D eigenvalue weighted by atomic mass is 32.1. The van der Waals surface area contributed by atoms with Crippen molar-refractivity contribution in [2.45, 2.75) is 72.3 Å². The van der Waals surface area contributed by atoms with E-state index in [1.165, 1.54) is 54.1 Å². The Kier molecular flexibility index (Phi) is 7.52. The first-order valence-electron chi connectivity index (χ1n) is 7.36. The average molecular weight is 268 g/mol. The van der Waals surface area contributed by atoms with Crippen LogP contribution in [0.15, 0.2) is 0 Å². The second kappa shape index (κ2) is 8.65. The van der Waals surface area contributed by atoms with Gasteiger partial charge in [-0.2, -0.15) is 0 Å². The van der Waals surface area contributed by atoms with Crippen LogP contribution in [0, 0.1) is 13.8 Å². The van der Waals surface area contributed by atoms with Crippen LogP contribution >= 0.6 is 11.3 Å². The summed E-state index contributed by atoms with van der Waals surface area (Å²) >= 11 is 1.86. The zero-order valence-corrected chi connectivity index (χ0v) is 13.2. The van der Waals surface area contributed by atoms with Crippen LogP contribution in [0.4, 0.5) is 0 Å². The minimum atomic E-state index is 0.521. The fraction of sp³-hybridized carbons (Fsp3) is 0.800. The lowest BCUT2D eigenvalue weighted by molar-refractivity contribution is 0.474. The molecule has 0 radical (unpaired) electrons. The summed E-state index contributed by atoms with van der Waals surface area (Å²) < 4.78 is 0. The molecule has 0 amide bonds. The van der Waals surface area contributed by atoms with E-state index in [0.29, 0.717) is 6.04 Å². The number of hydrogen-bond acceptors (Lipinski definition) is 3. The third-order valence-corrected chi connectivity index (χ3v) is 4.43. The molecular formula is C15H28N2S. The van der Waals surface area contributed by atoms with Crippen molar-refractivity contribution in [3.05, 3.63) is 15.6 Å². The van der Waals surface area contributed by atoms with E-state index in [0.717, 1.165) is 6.54 Å². The van der Waals surface area contributed by atoms with E-state index in [1.807, 2.05) is 11.3 Å². The van der Waals surface area contributed by atoms with E-state index >= 15 is 0 Å². The van der Waals surface area contributed by atoms with E-state index in [-0.39, 0.29) is 0 Å². The first-order valence-corrected chi connectivity index (χ1v) is 8.18. The van der Waals surface area contributed by atoms with Crippen molar-refractivity contribution in [1.29, 1.82) is 0 Å². The Morgan fingerprint density at radius 3 is 2.44 bits per heavy atom. The maximum absolute atomic E-state index is 4.56.